The van der Waals surface area contributed by atoms with Crippen molar-refractivity contribution in [3.05, 3.63) is 59.8 Å². The number of ether oxygens (including phenoxy) is 1. The van der Waals surface area contributed by atoms with Gasteiger partial charge >= 0.3 is 0 Å². The van der Waals surface area contributed by atoms with Crippen molar-refractivity contribution >= 4 is 0 Å². The first kappa shape index (κ1) is 11.6. The fourth-order valence-corrected chi connectivity index (χ4v) is 1.55. The lowest BCUT2D eigenvalue weighted by Crippen LogP contribution is -2.10. The molecule has 0 radical (unpaired) electrons. The van der Waals surface area contributed by atoms with Gasteiger partial charge in [0.25, 0.3) is 0 Å². The van der Waals surface area contributed by atoms with Crippen LogP contribution in [0.2, 0.25) is 0 Å². The summed E-state index contributed by atoms with van der Waals surface area (Å²) < 4.78 is 5.49. The molecule has 2 aromatic rings. The molecule has 3 nitrogen and oxygen atoms in total. The third-order valence-electron chi connectivity index (χ3n) is 2.52. The number of aliphatic hydroxyl groups is 1. The highest BCUT2D eigenvalue weighted by Gasteiger charge is 2.08. The molecule has 0 saturated carbocycles. The van der Waals surface area contributed by atoms with E-state index in [9.17, 15) is 5.11 Å². The molecule has 0 aliphatic heterocycles. The molecule has 0 saturated heterocycles. The summed E-state index contributed by atoms with van der Waals surface area (Å²) in [5.74, 6) is 0.572. The molecule has 2 rings (SSSR count). The molecule has 0 aliphatic rings. The molecule has 1 aromatic carbocycles. The molecule has 1 N–H and O–H groups in total. The molecule has 88 valence electrons. The number of aryl methyl sites for hydroxylation is 1. The minimum Gasteiger partial charge on any atom is -0.474 e. The Labute approximate surface area is 101 Å². The van der Waals surface area contributed by atoms with Crippen molar-refractivity contribution < 1.29 is 9.84 Å². The predicted molar refractivity (Wildman–Crippen MR) is 65.9 cm³/mol. The first-order chi connectivity index (χ1) is 8.27. The Hall–Kier alpha value is -1.87. The lowest BCUT2D eigenvalue weighted by atomic mass is 10.1. The molecule has 0 bridgehead atoms. The number of nitrogens with zero attached hydrogens (tertiary/aromatic N) is 1. The van der Waals surface area contributed by atoms with Crippen LogP contribution >= 0.6 is 0 Å². The van der Waals surface area contributed by atoms with Gasteiger partial charge in [-0.25, -0.2) is 4.98 Å². The van der Waals surface area contributed by atoms with Crippen LogP contribution in [-0.2, 0) is 0 Å². The molecule has 0 aliphatic carbocycles. The maximum Gasteiger partial charge on any atom is 0.216 e. The van der Waals surface area contributed by atoms with E-state index < -0.39 is 6.10 Å². The molecular formula is C14H15NO2. The molecule has 3 heteroatoms. The van der Waals surface area contributed by atoms with Gasteiger partial charge in [0, 0.05) is 11.8 Å². The first-order valence-corrected chi connectivity index (χ1v) is 5.55. The SMILES string of the molecule is Cc1cccnc1OCC(O)c1ccccc1. The predicted octanol–water partition coefficient (Wildman–Crippen LogP) is 2.50. The third kappa shape index (κ3) is 3.04. The van der Waals surface area contributed by atoms with Gasteiger partial charge in [-0.05, 0) is 18.6 Å². The molecule has 0 spiro atoms. The number of aliphatic hydroxyl groups excluding tert-OH is 1. The van der Waals surface area contributed by atoms with Gasteiger partial charge in [-0.1, -0.05) is 36.4 Å². The zero-order chi connectivity index (χ0) is 12.1. The van der Waals surface area contributed by atoms with E-state index >= 15 is 0 Å². The van der Waals surface area contributed by atoms with Crippen molar-refractivity contribution in [2.45, 2.75) is 13.0 Å². The molecule has 17 heavy (non-hydrogen) atoms. The number of hydrogen-bond donors (Lipinski definition) is 1. The summed E-state index contributed by atoms with van der Waals surface area (Å²) in [7, 11) is 0. The summed E-state index contributed by atoms with van der Waals surface area (Å²) in [6, 6.07) is 13.2. The largest absolute Gasteiger partial charge is 0.474 e. The van der Waals surface area contributed by atoms with Crippen LogP contribution in [-0.4, -0.2) is 16.7 Å². The minimum absolute atomic E-state index is 0.210. The van der Waals surface area contributed by atoms with Crippen LogP contribution in [0.4, 0.5) is 0 Å². The standard InChI is InChI=1S/C14H15NO2/c1-11-6-5-9-15-14(11)17-10-13(16)12-7-3-2-4-8-12/h2-9,13,16H,10H2,1H3. The van der Waals surface area contributed by atoms with E-state index in [0.717, 1.165) is 11.1 Å². The lowest BCUT2D eigenvalue weighted by molar-refractivity contribution is 0.105. The van der Waals surface area contributed by atoms with Crippen molar-refractivity contribution in [2.75, 3.05) is 6.61 Å². The maximum absolute atomic E-state index is 9.92. The fraction of sp³-hybridized carbons (Fsp3) is 0.214. The van der Waals surface area contributed by atoms with E-state index in [1.807, 2.05) is 49.4 Å². The van der Waals surface area contributed by atoms with E-state index in [2.05, 4.69) is 4.98 Å². The Bertz CT molecular complexity index is 471. The maximum atomic E-state index is 9.92. The second-order valence-electron chi connectivity index (χ2n) is 3.86. The molecule has 1 atom stereocenters. The molecule has 0 fully saturated rings. The summed E-state index contributed by atoms with van der Waals surface area (Å²) in [4.78, 5) is 4.11. The number of pyridine rings is 1. The van der Waals surface area contributed by atoms with E-state index in [1.54, 1.807) is 6.20 Å². The lowest BCUT2D eigenvalue weighted by Gasteiger charge is -2.12. The van der Waals surface area contributed by atoms with Gasteiger partial charge < -0.3 is 9.84 Å². The Morgan fingerprint density at radius 1 is 1.18 bits per heavy atom. The van der Waals surface area contributed by atoms with Crippen LogP contribution in [0.15, 0.2) is 48.7 Å². The summed E-state index contributed by atoms with van der Waals surface area (Å²) >= 11 is 0. The van der Waals surface area contributed by atoms with Gasteiger partial charge in [-0.15, -0.1) is 0 Å². The quantitative estimate of drug-likeness (QED) is 0.875. The van der Waals surface area contributed by atoms with Crippen molar-refractivity contribution in [3.63, 3.8) is 0 Å². The topological polar surface area (TPSA) is 42.4 Å². The zero-order valence-corrected chi connectivity index (χ0v) is 9.71. The molecule has 1 unspecified atom stereocenters. The Kier molecular flexibility index (Phi) is 3.73. The highest BCUT2D eigenvalue weighted by atomic mass is 16.5. The van der Waals surface area contributed by atoms with E-state index in [-0.39, 0.29) is 6.61 Å². The zero-order valence-electron chi connectivity index (χ0n) is 9.71. The normalized spacial score (nSPS) is 12.1. The smallest absolute Gasteiger partial charge is 0.216 e. The number of rotatable bonds is 4. The van der Waals surface area contributed by atoms with Crippen molar-refractivity contribution in [2.24, 2.45) is 0 Å². The monoisotopic (exact) mass is 229 g/mol. The Balaban J connectivity index is 1.97. The average Bonchev–Trinajstić information content (AvgIpc) is 2.38. The second kappa shape index (κ2) is 5.46. The van der Waals surface area contributed by atoms with Gasteiger partial charge in [0.15, 0.2) is 0 Å². The molecule has 1 aromatic heterocycles. The van der Waals surface area contributed by atoms with E-state index in [0.29, 0.717) is 5.88 Å². The Morgan fingerprint density at radius 3 is 2.65 bits per heavy atom. The second-order valence-corrected chi connectivity index (χ2v) is 3.86. The van der Waals surface area contributed by atoms with Crippen LogP contribution in [0.5, 0.6) is 5.88 Å². The van der Waals surface area contributed by atoms with Crippen LogP contribution in [0, 0.1) is 6.92 Å². The minimum atomic E-state index is -0.627. The average molecular weight is 229 g/mol. The van der Waals surface area contributed by atoms with Crippen LogP contribution in [0.1, 0.15) is 17.2 Å². The fourth-order valence-electron chi connectivity index (χ4n) is 1.55. The van der Waals surface area contributed by atoms with Crippen LogP contribution in [0.25, 0.3) is 0 Å². The summed E-state index contributed by atoms with van der Waals surface area (Å²) in [5, 5.41) is 9.92. The van der Waals surface area contributed by atoms with Crippen molar-refractivity contribution in [1.82, 2.24) is 4.98 Å². The summed E-state index contributed by atoms with van der Waals surface area (Å²) in [5.41, 5.74) is 1.81. The third-order valence-corrected chi connectivity index (χ3v) is 2.52. The van der Waals surface area contributed by atoms with Crippen LogP contribution < -0.4 is 4.74 Å². The van der Waals surface area contributed by atoms with Crippen LogP contribution in [0.3, 0.4) is 0 Å². The molecule has 1 heterocycles. The van der Waals surface area contributed by atoms with Gasteiger partial charge in [0.1, 0.15) is 12.7 Å². The number of hydrogen-bond acceptors (Lipinski definition) is 3. The van der Waals surface area contributed by atoms with Crippen molar-refractivity contribution in [1.29, 1.82) is 0 Å². The van der Waals surface area contributed by atoms with Crippen molar-refractivity contribution in [3.8, 4) is 5.88 Å². The van der Waals surface area contributed by atoms with Gasteiger partial charge in [-0.3, -0.25) is 0 Å². The first-order valence-electron chi connectivity index (χ1n) is 5.55. The molecular weight excluding hydrogens is 214 g/mol. The van der Waals surface area contributed by atoms with E-state index in [4.69, 9.17) is 4.74 Å². The van der Waals surface area contributed by atoms with Gasteiger partial charge in [0.05, 0.1) is 0 Å². The number of benzene rings is 1. The Morgan fingerprint density at radius 2 is 1.94 bits per heavy atom. The van der Waals surface area contributed by atoms with E-state index in [1.165, 1.54) is 0 Å². The summed E-state index contributed by atoms with van der Waals surface area (Å²) in [6.45, 7) is 2.14. The summed E-state index contributed by atoms with van der Waals surface area (Å²) in [6.07, 6.45) is 1.05. The van der Waals surface area contributed by atoms with Gasteiger partial charge in [-0.2, -0.15) is 0 Å². The molecule has 0 amide bonds. The number of aromatic nitrogens is 1. The van der Waals surface area contributed by atoms with Gasteiger partial charge in [0.2, 0.25) is 5.88 Å². The highest BCUT2D eigenvalue weighted by Crippen LogP contribution is 2.16. The highest BCUT2D eigenvalue weighted by molar-refractivity contribution is 5.23.